The highest BCUT2D eigenvalue weighted by molar-refractivity contribution is 5.81. The summed E-state index contributed by atoms with van der Waals surface area (Å²) in [6.45, 7) is 13.6. The van der Waals surface area contributed by atoms with Crippen molar-refractivity contribution in [2.45, 2.75) is 59.3 Å². The number of carbonyl (C=O) groups excluding carboxylic acids is 1. The summed E-state index contributed by atoms with van der Waals surface area (Å²) >= 11 is 0. The Morgan fingerprint density at radius 3 is 2.16 bits per heavy atom. The van der Waals surface area contributed by atoms with Gasteiger partial charge in [-0.3, -0.25) is 4.48 Å². The van der Waals surface area contributed by atoms with Gasteiger partial charge in [-0.05, 0) is 26.7 Å². The molecule has 112 valence electrons. The maximum atomic E-state index is 11.2. The van der Waals surface area contributed by atoms with Gasteiger partial charge in [-0.15, -0.1) is 0 Å². The molecule has 0 unspecified atom stereocenters. The number of ether oxygens (including phenoxy) is 1. The normalized spacial score (nSPS) is 11.3. The number of unbranched alkanes of at least 4 members (excludes halogenated alkanes) is 5. The van der Waals surface area contributed by atoms with E-state index < -0.39 is 0 Å². The van der Waals surface area contributed by atoms with Gasteiger partial charge in [0.05, 0.1) is 19.6 Å². The van der Waals surface area contributed by atoms with Crippen LogP contribution in [0.1, 0.15) is 59.3 Å². The molecule has 0 saturated carbocycles. The molecule has 0 aromatic rings. The Balaban J connectivity index is 4.00. The number of hydrogen-bond acceptors (Lipinski definition) is 2. The van der Waals surface area contributed by atoms with E-state index in [2.05, 4.69) is 27.4 Å². The lowest BCUT2D eigenvalue weighted by Gasteiger charge is -2.35. The fraction of sp³-hybridized carbons (Fsp3) is 0.812. The summed E-state index contributed by atoms with van der Waals surface area (Å²) in [6.07, 6.45) is 9.06. The molecule has 0 aliphatic heterocycles. The molecule has 0 aliphatic rings. The largest absolute Gasteiger partial charge is 0.412 e. The summed E-state index contributed by atoms with van der Waals surface area (Å²) in [6, 6.07) is 0. The molecule has 0 N–H and O–H groups in total. The van der Waals surface area contributed by atoms with Crippen LogP contribution in [0.5, 0.6) is 0 Å². The maximum Gasteiger partial charge on any atom is 0.334 e. The van der Waals surface area contributed by atoms with Gasteiger partial charge in [-0.25, -0.2) is 4.79 Å². The fourth-order valence-electron chi connectivity index (χ4n) is 2.27. The summed E-state index contributed by atoms with van der Waals surface area (Å²) in [7, 11) is 0. The quantitative estimate of drug-likeness (QED) is 0.177. The van der Waals surface area contributed by atoms with Gasteiger partial charge < -0.3 is 4.74 Å². The first-order valence-corrected chi connectivity index (χ1v) is 7.78. The van der Waals surface area contributed by atoms with Crippen LogP contribution in [0, 0.1) is 0 Å². The molecule has 0 aliphatic carbocycles. The van der Waals surface area contributed by atoms with Crippen molar-refractivity contribution in [2.24, 2.45) is 0 Å². The van der Waals surface area contributed by atoms with Crippen LogP contribution in [0.2, 0.25) is 0 Å². The molecule has 0 radical (unpaired) electrons. The van der Waals surface area contributed by atoms with Crippen LogP contribution in [0.15, 0.2) is 12.7 Å². The first-order chi connectivity index (χ1) is 9.14. The molecule has 0 atom stereocenters. The topological polar surface area (TPSA) is 26.3 Å². The molecule has 0 spiro atoms. The summed E-state index contributed by atoms with van der Waals surface area (Å²) in [5, 5.41) is 0. The van der Waals surface area contributed by atoms with Crippen LogP contribution < -0.4 is 0 Å². The predicted octanol–water partition coefficient (Wildman–Crippen LogP) is 3.89. The van der Waals surface area contributed by atoms with Crippen molar-refractivity contribution < 1.29 is 14.0 Å². The van der Waals surface area contributed by atoms with Crippen LogP contribution in [0.3, 0.4) is 0 Å². The van der Waals surface area contributed by atoms with E-state index >= 15 is 0 Å². The first kappa shape index (κ1) is 18.2. The van der Waals surface area contributed by atoms with Gasteiger partial charge in [0.15, 0.2) is 0 Å². The Morgan fingerprint density at radius 1 is 1.05 bits per heavy atom. The summed E-state index contributed by atoms with van der Waals surface area (Å²) < 4.78 is 6.12. The zero-order valence-corrected chi connectivity index (χ0v) is 13.1. The highest BCUT2D eigenvalue weighted by atomic mass is 16.5. The molecular weight excluding hydrogens is 238 g/mol. The third-order valence-corrected chi connectivity index (χ3v) is 3.97. The van der Waals surface area contributed by atoms with Crippen molar-refractivity contribution in [1.82, 2.24) is 0 Å². The van der Waals surface area contributed by atoms with Crippen molar-refractivity contribution >= 4 is 5.97 Å². The second-order valence-electron chi connectivity index (χ2n) is 5.26. The van der Waals surface area contributed by atoms with Crippen molar-refractivity contribution in [3.05, 3.63) is 12.7 Å². The minimum absolute atomic E-state index is 0.313. The Bertz CT molecular complexity index is 247. The fourth-order valence-corrected chi connectivity index (χ4v) is 2.27. The molecule has 0 bridgehead atoms. The van der Waals surface area contributed by atoms with Crippen molar-refractivity contribution in [3.63, 3.8) is 0 Å². The maximum absolute atomic E-state index is 11.2. The molecular formula is C16H32NO2+. The van der Waals surface area contributed by atoms with Crippen molar-refractivity contribution in [3.8, 4) is 0 Å². The van der Waals surface area contributed by atoms with E-state index in [0.29, 0.717) is 6.73 Å². The van der Waals surface area contributed by atoms with Crippen molar-refractivity contribution in [2.75, 3.05) is 26.4 Å². The van der Waals surface area contributed by atoms with E-state index in [4.69, 9.17) is 4.74 Å². The predicted molar refractivity (Wildman–Crippen MR) is 80.7 cm³/mol. The Kier molecular flexibility index (Phi) is 10.6. The van der Waals surface area contributed by atoms with Gasteiger partial charge in [-0.2, -0.15) is 0 Å². The zero-order valence-electron chi connectivity index (χ0n) is 13.1. The van der Waals surface area contributed by atoms with Gasteiger partial charge in [-0.1, -0.05) is 39.2 Å². The molecule has 0 aromatic carbocycles. The van der Waals surface area contributed by atoms with Crippen molar-refractivity contribution in [1.29, 1.82) is 0 Å². The number of rotatable bonds is 12. The first-order valence-electron chi connectivity index (χ1n) is 7.78. The van der Waals surface area contributed by atoms with Crippen LogP contribution in [0.25, 0.3) is 0 Å². The standard InChI is InChI=1S/C16H32NO2/c1-5-9-10-11-12-13-14-17(7-3,8-4)15-19-16(18)6-2/h6H,2,5,7-15H2,1,3-4H3/q+1. The smallest absolute Gasteiger partial charge is 0.334 e. The van der Waals surface area contributed by atoms with Gasteiger partial charge in [0.1, 0.15) is 0 Å². The zero-order chi connectivity index (χ0) is 14.6. The van der Waals surface area contributed by atoms with E-state index in [1.54, 1.807) is 0 Å². The second kappa shape index (κ2) is 11.0. The Labute approximate surface area is 119 Å². The minimum Gasteiger partial charge on any atom is -0.412 e. The van der Waals surface area contributed by atoms with E-state index in [9.17, 15) is 4.79 Å². The average molecular weight is 270 g/mol. The third-order valence-electron chi connectivity index (χ3n) is 3.97. The second-order valence-corrected chi connectivity index (χ2v) is 5.26. The molecule has 0 amide bonds. The average Bonchev–Trinajstić information content (AvgIpc) is 2.46. The monoisotopic (exact) mass is 270 g/mol. The molecule has 0 heterocycles. The number of esters is 1. The number of carbonyl (C=O) groups is 1. The van der Waals surface area contributed by atoms with Gasteiger partial charge >= 0.3 is 5.97 Å². The van der Waals surface area contributed by atoms with Gasteiger partial charge in [0.25, 0.3) is 0 Å². The molecule has 3 heteroatoms. The Hall–Kier alpha value is -0.830. The number of quaternary nitrogens is 1. The van der Waals surface area contributed by atoms with E-state index in [1.165, 1.54) is 44.6 Å². The van der Waals surface area contributed by atoms with E-state index in [1.807, 2.05) is 0 Å². The van der Waals surface area contributed by atoms with Gasteiger partial charge in [0.2, 0.25) is 6.73 Å². The SMILES string of the molecule is C=CC(=O)OC[N+](CC)(CC)CCCCCCCC. The highest BCUT2D eigenvalue weighted by Gasteiger charge is 2.24. The molecule has 0 rings (SSSR count). The molecule has 0 aromatic heterocycles. The van der Waals surface area contributed by atoms with Crippen LogP contribution >= 0.6 is 0 Å². The molecule has 0 fully saturated rings. The van der Waals surface area contributed by atoms with Crippen LogP contribution in [-0.2, 0) is 9.53 Å². The molecule has 0 saturated heterocycles. The van der Waals surface area contributed by atoms with Gasteiger partial charge in [0, 0.05) is 6.08 Å². The summed E-state index contributed by atoms with van der Waals surface area (Å²) in [5.41, 5.74) is 0. The lowest BCUT2D eigenvalue weighted by molar-refractivity contribution is -0.940. The van der Waals surface area contributed by atoms with E-state index in [0.717, 1.165) is 24.1 Å². The van der Waals surface area contributed by atoms with Crippen LogP contribution in [-0.4, -0.2) is 36.8 Å². The van der Waals surface area contributed by atoms with E-state index in [-0.39, 0.29) is 5.97 Å². The minimum atomic E-state index is -0.313. The molecule has 19 heavy (non-hydrogen) atoms. The highest BCUT2D eigenvalue weighted by Crippen LogP contribution is 2.12. The van der Waals surface area contributed by atoms with Crippen LogP contribution in [0.4, 0.5) is 0 Å². The Morgan fingerprint density at radius 2 is 1.63 bits per heavy atom. The lowest BCUT2D eigenvalue weighted by atomic mass is 10.1. The number of hydrogen-bond donors (Lipinski definition) is 0. The summed E-state index contributed by atoms with van der Waals surface area (Å²) in [5.74, 6) is -0.313. The lowest BCUT2D eigenvalue weighted by Crippen LogP contribution is -2.50. The molecule has 3 nitrogen and oxygen atoms in total. The summed E-state index contributed by atoms with van der Waals surface area (Å²) in [4.78, 5) is 11.2. The third kappa shape index (κ3) is 8.04. The number of nitrogens with zero attached hydrogens (tertiary/aromatic N) is 1.